The van der Waals surface area contributed by atoms with Crippen molar-refractivity contribution in [2.45, 2.75) is 6.54 Å². The molecule has 1 saturated heterocycles. The van der Waals surface area contributed by atoms with Crippen molar-refractivity contribution >= 4 is 27.5 Å². The van der Waals surface area contributed by atoms with Crippen molar-refractivity contribution in [1.82, 2.24) is 20.4 Å². The van der Waals surface area contributed by atoms with Crippen LogP contribution in [0.4, 0.5) is 0 Å². The maximum absolute atomic E-state index is 6.16. The zero-order valence-electron chi connectivity index (χ0n) is 10.8. The fraction of sp³-hybridized carbons (Fsp3) is 0.385. The standard InChI is InChI=1S/C13H14BrClN4O/c14-9-1-2-11(15)10(7-9)13-17-12(18-20-13)8-19-5-3-16-4-6-19/h1-2,7,16H,3-6,8H2. The summed E-state index contributed by atoms with van der Waals surface area (Å²) in [4.78, 5) is 6.73. The van der Waals surface area contributed by atoms with Crippen LogP contribution in [0.25, 0.3) is 11.5 Å². The zero-order valence-corrected chi connectivity index (χ0v) is 13.1. The monoisotopic (exact) mass is 356 g/mol. The third-order valence-corrected chi connectivity index (χ3v) is 4.02. The smallest absolute Gasteiger partial charge is 0.259 e. The average Bonchev–Trinajstić information content (AvgIpc) is 2.91. The Morgan fingerprint density at radius 2 is 2.15 bits per heavy atom. The molecule has 2 heterocycles. The lowest BCUT2D eigenvalue weighted by atomic mass is 10.2. The minimum absolute atomic E-state index is 0.460. The van der Waals surface area contributed by atoms with E-state index >= 15 is 0 Å². The van der Waals surface area contributed by atoms with Crippen molar-refractivity contribution < 1.29 is 4.52 Å². The van der Waals surface area contributed by atoms with Crippen LogP contribution in [0, 0.1) is 0 Å². The second-order valence-corrected chi connectivity index (χ2v) is 5.99. The summed E-state index contributed by atoms with van der Waals surface area (Å²) in [5, 5.41) is 7.95. The second-order valence-electron chi connectivity index (χ2n) is 4.67. The maximum Gasteiger partial charge on any atom is 0.259 e. The Morgan fingerprint density at radius 3 is 2.95 bits per heavy atom. The van der Waals surface area contributed by atoms with Gasteiger partial charge in [-0.25, -0.2) is 0 Å². The van der Waals surface area contributed by atoms with Crippen LogP contribution in [0.3, 0.4) is 0 Å². The van der Waals surface area contributed by atoms with Crippen molar-refractivity contribution in [3.8, 4) is 11.5 Å². The number of aromatic nitrogens is 2. The van der Waals surface area contributed by atoms with Gasteiger partial charge in [0, 0.05) is 30.7 Å². The number of halogens is 2. The van der Waals surface area contributed by atoms with Gasteiger partial charge in [0.1, 0.15) is 0 Å². The highest BCUT2D eigenvalue weighted by atomic mass is 79.9. The molecule has 0 spiro atoms. The molecule has 1 aliphatic rings. The van der Waals surface area contributed by atoms with Crippen LogP contribution in [0.2, 0.25) is 5.02 Å². The first-order chi connectivity index (χ1) is 9.72. The molecule has 1 aromatic heterocycles. The first-order valence-corrected chi connectivity index (χ1v) is 7.60. The van der Waals surface area contributed by atoms with E-state index in [1.807, 2.05) is 12.1 Å². The van der Waals surface area contributed by atoms with Crippen molar-refractivity contribution in [1.29, 1.82) is 0 Å². The Hall–Kier alpha value is -0.950. The summed E-state index contributed by atoms with van der Waals surface area (Å²) in [7, 11) is 0. The van der Waals surface area contributed by atoms with E-state index in [0.29, 0.717) is 23.3 Å². The first-order valence-electron chi connectivity index (χ1n) is 6.43. The van der Waals surface area contributed by atoms with Crippen molar-refractivity contribution in [3.05, 3.63) is 33.5 Å². The summed E-state index contributed by atoms with van der Waals surface area (Å²) >= 11 is 9.58. The molecule has 0 atom stereocenters. The number of hydrogen-bond acceptors (Lipinski definition) is 5. The minimum atomic E-state index is 0.460. The van der Waals surface area contributed by atoms with E-state index in [1.165, 1.54) is 0 Å². The molecule has 0 saturated carbocycles. The number of piperazine rings is 1. The predicted molar refractivity (Wildman–Crippen MR) is 80.6 cm³/mol. The van der Waals surface area contributed by atoms with Gasteiger partial charge in [-0.15, -0.1) is 0 Å². The normalized spacial score (nSPS) is 16.5. The predicted octanol–water partition coefficient (Wildman–Crippen LogP) is 2.56. The van der Waals surface area contributed by atoms with E-state index in [9.17, 15) is 0 Å². The van der Waals surface area contributed by atoms with E-state index < -0.39 is 0 Å². The highest BCUT2D eigenvalue weighted by Crippen LogP contribution is 2.29. The molecule has 106 valence electrons. The van der Waals surface area contributed by atoms with Gasteiger partial charge in [0.25, 0.3) is 5.89 Å². The number of rotatable bonds is 3. The Labute approximate surface area is 130 Å². The molecule has 1 N–H and O–H groups in total. The molecule has 20 heavy (non-hydrogen) atoms. The third kappa shape index (κ3) is 3.20. The Bertz CT molecular complexity index is 598. The third-order valence-electron chi connectivity index (χ3n) is 3.20. The molecule has 0 amide bonds. The molecule has 1 aromatic carbocycles. The lowest BCUT2D eigenvalue weighted by molar-refractivity contribution is 0.225. The fourth-order valence-electron chi connectivity index (χ4n) is 2.16. The Morgan fingerprint density at radius 1 is 1.35 bits per heavy atom. The van der Waals surface area contributed by atoms with Crippen LogP contribution in [-0.4, -0.2) is 41.2 Å². The molecule has 0 aliphatic carbocycles. The van der Waals surface area contributed by atoms with Gasteiger partial charge in [-0.1, -0.05) is 32.7 Å². The topological polar surface area (TPSA) is 54.2 Å². The highest BCUT2D eigenvalue weighted by Gasteiger charge is 2.16. The van der Waals surface area contributed by atoms with E-state index in [2.05, 4.69) is 36.3 Å². The molecule has 2 aromatic rings. The SMILES string of the molecule is Clc1ccc(Br)cc1-c1nc(CN2CCNCC2)no1. The minimum Gasteiger partial charge on any atom is -0.334 e. The Balaban J connectivity index is 1.77. The molecule has 1 aliphatic heterocycles. The molecular weight excluding hydrogens is 344 g/mol. The summed E-state index contributed by atoms with van der Waals surface area (Å²) in [6.45, 7) is 4.71. The van der Waals surface area contributed by atoms with Gasteiger partial charge in [-0.3, -0.25) is 4.90 Å². The lowest BCUT2D eigenvalue weighted by Crippen LogP contribution is -2.43. The molecule has 5 nitrogen and oxygen atoms in total. The summed E-state index contributed by atoms with van der Waals surface area (Å²) in [5.41, 5.74) is 0.750. The molecule has 7 heteroatoms. The van der Waals surface area contributed by atoms with Gasteiger partial charge in [0.2, 0.25) is 0 Å². The van der Waals surface area contributed by atoms with Crippen LogP contribution in [0.15, 0.2) is 27.2 Å². The van der Waals surface area contributed by atoms with Crippen LogP contribution in [0.5, 0.6) is 0 Å². The lowest BCUT2D eigenvalue weighted by Gasteiger charge is -2.25. The zero-order chi connectivity index (χ0) is 13.9. The molecule has 3 rings (SSSR count). The van der Waals surface area contributed by atoms with Gasteiger partial charge in [-0.2, -0.15) is 4.98 Å². The largest absolute Gasteiger partial charge is 0.334 e. The molecule has 1 fully saturated rings. The fourth-order valence-corrected chi connectivity index (χ4v) is 2.72. The van der Waals surface area contributed by atoms with E-state index in [1.54, 1.807) is 6.07 Å². The summed E-state index contributed by atoms with van der Waals surface area (Å²) < 4.78 is 6.25. The summed E-state index contributed by atoms with van der Waals surface area (Å²) in [5.74, 6) is 1.15. The van der Waals surface area contributed by atoms with E-state index in [-0.39, 0.29) is 0 Å². The molecule has 0 bridgehead atoms. The van der Waals surface area contributed by atoms with Crippen LogP contribution < -0.4 is 5.32 Å². The highest BCUT2D eigenvalue weighted by molar-refractivity contribution is 9.10. The number of benzene rings is 1. The Kier molecular flexibility index (Phi) is 4.35. The molecule has 0 radical (unpaired) electrons. The van der Waals surface area contributed by atoms with E-state index in [4.69, 9.17) is 16.1 Å². The van der Waals surface area contributed by atoms with Crippen LogP contribution >= 0.6 is 27.5 Å². The van der Waals surface area contributed by atoms with Crippen molar-refractivity contribution in [2.75, 3.05) is 26.2 Å². The average molecular weight is 358 g/mol. The van der Waals surface area contributed by atoms with Gasteiger partial charge >= 0.3 is 0 Å². The molecular formula is C13H14BrClN4O. The van der Waals surface area contributed by atoms with Gasteiger partial charge in [0.15, 0.2) is 5.82 Å². The van der Waals surface area contributed by atoms with Crippen LogP contribution in [-0.2, 0) is 6.54 Å². The van der Waals surface area contributed by atoms with Crippen LogP contribution in [0.1, 0.15) is 5.82 Å². The summed E-state index contributed by atoms with van der Waals surface area (Å²) in [6, 6.07) is 5.56. The first kappa shape index (κ1) is 14.0. The number of hydrogen-bond donors (Lipinski definition) is 1. The van der Waals surface area contributed by atoms with Crippen molar-refractivity contribution in [2.24, 2.45) is 0 Å². The number of nitrogens with one attached hydrogen (secondary N) is 1. The van der Waals surface area contributed by atoms with Gasteiger partial charge in [-0.05, 0) is 18.2 Å². The second kappa shape index (κ2) is 6.22. The molecule has 0 unspecified atom stereocenters. The van der Waals surface area contributed by atoms with Gasteiger partial charge < -0.3 is 9.84 Å². The maximum atomic E-state index is 6.16. The summed E-state index contributed by atoms with van der Waals surface area (Å²) in [6.07, 6.45) is 0. The quantitative estimate of drug-likeness (QED) is 0.915. The van der Waals surface area contributed by atoms with Crippen molar-refractivity contribution in [3.63, 3.8) is 0 Å². The van der Waals surface area contributed by atoms with Gasteiger partial charge in [0.05, 0.1) is 17.1 Å². The number of nitrogens with zero attached hydrogens (tertiary/aromatic N) is 3. The van der Waals surface area contributed by atoms with E-state index in [0.717, 1.165) is 36.2 Å².